The zero-order valence-electron chi connectivity index (χ0n) is 45.0. The summed E-state index contributed by atoms with van der Waals surface area (Å²) in [5.41, 5.74) is 20.3. The van der Waals surface area contributed by atoms with Crippen LogP contribution in [0.15, 0.2) is 328 Å². The summed E-state index contributed by atoms with van der Waals surface area (Å²) >= 11 is 0. The van der Waals surface area contributed by atoms with Gasteiger partial charge < -0.3 is 18.9 Å². The molecule has 0 saturated carbocycles. The minimum atomic E-state index is 1.07. The Hall–Kier alpha value is -10.9. The van der Waals surface area contributed by atoms with Crippen molar-refractivity contribution < 1.29 is 0 Å². The van der Waals surface area contributed by atoms with E-state index in [4.69, 9.17) is 0 Å². The molecule has 4 heteroatoms. The SMILES string of the molecule is c1ccc(-c2ccc(N(c3ccc(-n4c(-c5ccccc5)cc5cc6c(cc(-c7ccccc7)n6-c6ccc(N(c7ccc(-c8ccccc8)cc7)c7ccc8ccccc8c7)cc6)cc54)cc3)c3ccc4ccccc4c3)cc2)cc1. The molecule has 0 aliphatic rings. The first-order valence-electron chi connectivity index (χ1n) is 28.1. The minimum absolute atomic E-state index is 1.07. The smallest absolute Gasteiger partial charge is 0.0542 e. The fourth-order valence-electron chi connectivity index (χ4n) is 12.0. The second kappa shape index (κ2) is 20.7. The molecule has 0 unspecified atom stereocenters. The highest BCUT2D eigenvalue weighted by Crippen LogP contribution is 2.43. The lowest BCUT2D eigenvalue weighted by Crippen LogP contribution is -2.10. The number of rotatable bonds is 12. The second-order valence-electron chi connectivity index (χ2n) is 21.0. The molecule has 0 N–H and O–H groups in total. The van der Waals surface area contributed by atoms with Gasteiger partial charge in [-0.05, 0) is 176 Å². The summed E-state index contributed by atoms with van der Waals surface area (Å²) in [7, 11) is 0. The molecule has 82 heavy (non-hydrogen) atoms. The van der Waals surface area contributed by atoms with Gasteiger partial charge in [0, 0.05) is 56.3 Å². The lowest BCUT2D eigenvalue weighted by Gasteiger charge is -2.26. The lowest BCUT2D eigenvalue weighted by atomic mass is 10.0. The average Bonchev–Trinajstić information content (AvgIpc) is 4.34. The van der Waals surface area contributed by atoms with E-state index in [-0.39, 0.29) is 0 Å². The van der Waals surface area contributed by atoms with E-state index in [0.717, 1.165) is 89.8 Å². The monoisotopic (exact) mass is 1050 g/mol. The fourth-order valence-corrected chi connectivity index (χ4v) is 12.0. The van der Waals surface area contributed by atoms with Gasteiger partial charge in [0.2, 0.25) is 0 Å². The molecule has 2 heterocycles. The van der Waals surface area contributed by atoms with Crippen LogP contribution in [0.4, 0.5) is 34.1 Å². The standard InChI is InChI=1S/C78H54N4/c1-5-17-55(18-6-1)59-29-35-67(36-30-59)79(73-39-33-57-21-13-15-27-63(57)49-73)69-41-45-71(46-42-69)81-75(61-23-9-3-10-24-61)51-65-54-78-66(53-77(65)81)52-76(62-25-11-4-12-26-62)82(78)72-47-43-70(44-48-72)80(74-40-34-58-22-14-16-28-64(58)50-74)68-37-31-60(32-38-68)56-19-7-2-8-20-56/h1-54H. The van der Waals surface area contributed by atoms with Crippen LogP contribution < -0.4 is 9.80 Å². The van der Waals surface area contributed by atoms with Crippen molar-refractivity contribution in [2.24, 2.45) is 0 Å². The van der Waals surface area contributed by atoms with Gasteiger partial charge in [-0.3, -0.25) is 0 Å². The van der Waals surface area contributed by atoms with E-state index in [2.05, 4.69) is 347 Å². The van der Waals surface area contributed by atoms with Gasteiger partial charge in [-0.15, -0.1) is 0 Å². The van der Waals surface area contributed by atoms with Crippen LogP contribution in [0.5, 0.6) is 0 Å². The number of fused-ring (bicyclic) bond motifs is 4. The Kier molecular flexibility index (Phi) is 12.2. The Morgan fingerprint density at radius 2 is 0.463 bits per heavy atom. The van der Waals surface area contributed by atoms with E-state index in [9.17, 15) is 0 Å². The summed E-state index contributed by atoms with van der Waals surface area (Å²) in [6.45, 7) is 0. The number of hydrogen-bond acceptors (Lipinski definition) is 2. The van der Waals surface area contributed by atoms with E-state index in [1.807, 2.05) is 0 Å². The Balaban J connectivity index is 0.846. The first-order valence-corrected chi connectivity index (χ1v) is 28.1. The van der Waals surface area contributed by atoms with Gasteiger partial charge in [0.25, 0.3) is 0 Å². The van der Waals surface area contributed by atoms with Crippen LogP contribution in [-0.4, -0.2) is 9.13 Å². The zero-order valence-corrected chi connectivity index (χ0v) is 45.0. The highest BCUT2D eigenvalue weighted by Gasteiger charge is 2.21. The van der Waals surface area contributed by atoms with Crippen LogP contribution in [-0.2, 0) is 0 Å². The molecule has 15 aromatic rings. The van der Waals surface area contributed by atoms with E-state index in [1.165, 1.54) is 43.8 Å². The summed E-state index contributed by atoms with van der Waals surface area (Å²) in [6.07, 6.45) is 0. The molecule has 0 amide bonds. The largest absolute Gasteiger partial charge is 0.310 e. The molecule has 13 aromatic carbocycles. The number of benzene rings is 13. The Labute approximate surface area is 477 Å². The third kappa shape index (κ3) is 8.95. The van der Waals surface area contributed by atoms with Crippen molar-refractivity contribution >= 4 is 77.5 Å². The fraction of sp³-hybridized carbons (Fsp3) is 0. The van der Waals surface area contributed by atoms with Crippen molar-refractivity contribution in [3.63, 3.8) is 0 Å². The van der Waals surface area contributed by atoms with E-state index in [1.54, 1.807) is 0 Å². The summed E-state index contributed by atoms with van der Waals surface area (Å²) in [5, 5.41) is 7.14. The van der Waals surface area contributed by atoms with Gasteiger partial charge in [0.15, 0.2) is 0 Å². The van der Waals surface area contributed by atoms with Gasteiger partial charge >= 0.3 is 0 Å². The second-order valence-corrected chi connectivity index (χ2v) is 21.0. The average molecular weight is 1050 g/mol. The maximum Gasteiger partial charge on any atom is 0.0542 e. The molecular weight excluding hydrogens is 993 g/mol. The summed E-state index contributed by atoms with van der Waals surface area (Å²) < 4.78 is 4.87. The highest BCUT2D eigenvalue weighted by atomic mass is 15.1. The van der Waals surface area contributed by atoms with Crippen LogP contribution in [0.3, 0.4) is 0 Å². The number of anilines is 6. The van der Waals surface area contributed by atoms with Crippen LogP contribution in [0.2, 0.25) is 0 Å². The maximum atomic E-state index is 2.44. The predicted molar refractivity (Wildman–Crippen MR) is 346 cm³/mol. The third-order valence-corrected chi connectivity index (χ3v) is 16.0. The molecule has 0 bridgehead atoms. The number of aromatic nitrogens is 2. The van der Waals surface area contributed by atoms with Crippen LogP contribution >= 0.6 is 0 Å². The molecule has 0 radical (unpaired) electrons. The first-order chi connectivity index (χ1) is 40.6. The van der Waals surface area contributed by atoms with Crippen LogP contribution in [0.1, 0.15) is 0 Å². The van der Waals surface area contributed by atoms with Crippen molar-refractivity contribution in [2.45, 2.75) is 0 Å². The molecule has 15 rings (SSSR count). The maximum absolute atomic E-state index is 2.44. The predicted octanol–water partition coefficient (Wildman–Crippen LogP) is 21.5. The molecule has 0 aliphatic carbocycles. The Morgan fingerprint density at radius 1 is 0.183 bits per heavy atom. The van der Waals surface area contributed by atoms with Gasteiger partial charge in [-0.1, -0.05) is 206 Å². The normalized spacial score (nSPS) is 11.4. The molecule has 0 fully saturated rings. The van der Waals surface area contributed by atoms with Gasteiger partial charge in [0.05, 0.1) is 22.4 Å². The molecule has 4 nitrogen and oxygen atoms in total. The zero-order chi connectivity index (χ0) is 54.3. The van der Waals surface area contributed by atoms with Crippen molar-refractivity contribution in [1.29, 1.82) is 0 Å². The molecule has 0 saturated heterocycles. The van der Waals surface area contributed by atoms with Gasteiger partial charge in [-0.2, -0.15) is 0 Å². The van der Waals surface area contributed by atoms with Crippen molar-refractivity contribution in [3.8, 4) is 56.1 Å². The third-order valence-electron chi connectivity index (χ3n) is 16.0. The number of hydrogen-bond donors (Lipinski definition) is 0. The minimum Gasteiger partial charge on any atom is -0.310 e. The molecule has 2 aromatic heterocycles. The molecule has 0 atom stereocenters. The van der Waals surface area contributed by atoms with Crippen LogP contribution in [0.25, 0.3) is 99.5 Å². The van der Waals surface area contributed by atoms with Crippen molar-refractivity contribution in [3.05, 3.63) is 328 Å². The van der Waals surface area contributed by atoms with Gasteiger partial charge in [0.1, 0.15) is 0 Å². The Morgan fingerprint density at radius 3 is 0.817 bits per heavy atom. The summed E-state index contributed by atoms with van der Waals surface area (Å²) in [4.78, 5) is 4.73. The van der Waals surface area contributed by atoms with Crippen LogP contribution in [0, 0.1) is 0 Å². The lowest BCUT2D eigenvalue weighted by molar-refractivity contribution is 1.13. The number of nitrogens with zero attached hydrogens (tertiary/aromatic N) is 4. The van der Waals surface area contributed by atoms with Gasteiger partial charge in [-0.25, -0.2) is 0 Å². The van der Waals surface area contributed by atoms with Crippen molar-refractivity contribution in [2.75, 3.05) is 9.80 Å². The van der Waals surface area contributed by atoms with E-state index in [0.29, 0.717) is 0 Å². The first kappa shape index (κ1) is 48.2. The van der Waals surface area contributed by atoms with E-state index >= 15 is 0 Å². The summed E-state index contributed by atoms with van der Waals surface area (Å²) in [5.74, 6) is 0. The quantitative estimate of drug-likeness (QED) is 0.121. The molecule has 0 aliphatic heterocycles. The molecular formula is C78H54N4. The van der Waals surface area contributed by atoms with Crippen molar-refractivity contribution in [1.82, 2.24) is 9.13 Å². The van der Waals surface area contributed by atoms with E-state index < -0.39 is 0 Å². The Bertz CT molecular complexity index is 4430. The highest BCUT2D eigenvalue weighted by molar-refractivity contribution is 6.03. The topological polar surface area (TPSA) is 16.3 Å². The molecule has 0 spiro atoms. The summed E-state index contributed by atoms with van der Waals surface area (Å²) in [6, 6.07) is 119. The molecule has 386 valence electrons.